The van der Waals surface area contributed by atoms with E-state index in [1.807, 2.05) is 45.4 Å². The fourth-order valence-corrected chi connectivity index (χ4v) is 2.31. The van der Waals surface area contributed by atoms with Crippen LogP contribution in [0.25, 0.3) is 0 Å². The fraction of sp³-hybridized carbons (Fsp3) is 0.600. The first-order chi connectivity index (χ1) is 9.51. The lowest BCUT2D eigenvalue weighted by atomic mass is 10.1. The normalized spacial score (nSPS) is 13.1. The van der Waals surface area contributed by atoms with Crippen molar-refractivity contribution in [3.05, 3.63) is 22.4 Å². The Morgan fingerprint density at radius 3 is 2.29 bits per heavy atom. The quantitative estimate of drug-likeness (QED) is 0.869. The highest BCUT2D eigenvalue weighted by molar-refractivity contribution is 9.10. The predicted octanol–water partition coefficient (Wildman–Crippen LogP) is 2.86. The van der Waals surface area contributed by atoms with E-state index in [0.29, 0.717) is 5.69 Å². The second kappa shape index (κ2) is 6.64. The summed E-state index contributed by atoms with van der Waals surface area (Å²) in [5.74, 6) is -0.455. The number of rotatable bonds is 4. The van der Waals surface area contributed by atoms with Crippen molar-refractivity contribution in [2.24, 2.45) is 0 Å². The van der Waals surface area contributed by atoms with Crippen molar-refractivity contribution in [3.63, 3.8) is 0 Å². The van der Waals surface area contributed by atoms with Gasteiger partial charge in [-0.05, 0) is 63.5 Å². The maximum atomic E-state index is 12.3. The average Bonchev–Trinajstić information content (AvgIpc) is 2.69. The van der Waals surface area contributed by atoms with Crippen LogP contribution < -0.4 is 10.6 Å². The van der Waals surface area contributed by atoms with Gasteiger partial charge in [-0.3, -0.25) is 9.59 Å². The molecule has 0 fully saturated rings. The molecule has 0 saturated heterocycles. The third-order valence-electron chi connectivity index (χ3n) is 2.84. The molecule has 1 aromatic rings. The van der Waals surface area contributed by atoms with Crippen molar-refractivity contribution in [2.45, 2.75) is 59.2 Å². The van der Waals surface area contributed by atoms with Crippen LogP contribution in [0.2, 0.25) is 0 Å². The number of hydrogen-bond donors (Lipinski definition) is 2. The van der Waals surface area contributed by atoms with Crippen LogP contribution in [0.5, 0.6) is 0 Å². The molecule has 118 valence electrons. The molecule has 0 spiro atoms. The Morgan fingerprint density at radius 2 is 1.81 bits per heavy atom. The Kier molecular flexibility index (Phi) is 5.61. The SMILES string of the molecule is CC(NC(=O)c1cc(Br)cn1C(C)C)C(=O)NC(C)(C)C. The summed E-state index contributed by atoms with van der Waals surface area (Å²) in [5.41, 5.74) is 0.212. The molecule has 1 aromatic heterocycles. The lowest BCUT2D eigenvalue weighted by Gasteiger charge is -2.24. The Bertz CT molecular complexity index is 530. The zero-order valence-electron chi connectivity index (χ0n) is 13.5. The summed E-state index contributed by atoms with van der Waals surface area (Å²) in [6.45, 7) is 11.4. The Morgan fingerprint density at radius 1 is 1.24 bits per heavy atom. The monoisotopic (exact) mass is 357 g/mol. The molecule has 0 aliphatic rings. The van der Waals surface area contributed by atoms with Crippen LogP contribution in [0.3, 0.4) is 0 Å². The first kappa shape index (κ1) is 17.8. The maximum Gasteiger partial charge on any atom is 0.268 e. The van der Waals surface area contributed by atoms with Gasteiger partial charge < -0.3 is 15.2 Å². The number of carbonyl (C=O) groups is 2. The van der Waals surface area contributed by atoms with E-state index in [9.17, 15) is 9.59 Å². The molecule has 2 amide bonds. The minimum atomic E-state index is -0.592. The van der Waals surface area contributed by atoms with E-state index < -0.39 is 6.04 Å². The van der Waals surface area contributed by atoms with Crippen LogP contribution in [0, 0.1) is 0 Å². The zero-order valence-corrected chi connectivity index (χ0v) is 15.0. The van der Waals surface area contributed by atoms with E-state index in [4.69, 9.17) is 0 Å². The van der Waals surface area contributed by atoms with Gasteiger partial charge in [0.05, 0.1) is 0 Å². The van der Waals surface area contributed by atoms with Gasteiger partial charge in [-0.1, -0.05) is 0 Å². The van der Waals surface area contributed by atoms with Crippen LogP contribution >= 0.6 is 15.9 Å². The predicted molar refractivity (Wildman–Crippen MR) is 87.3 cm³/mol. The molecule has 0 aliphatic heterocycles. The standard InChI is InChI=1S/C15H24BrN3O2/c1-9(2)19-8-11(16)7-12(19)14(21)17-10(3)13(20)18-15(4,5)6/h7-10H,1-6H3,(H,17,21)(H,18,20). The topological polar surface area (TPSA) is 63.1 Å². The zero-order chi connectivity index (χ0) is 16.4. The molecule has 1 heterocycles. The van der Waals surface area contributed by atoms with Gasteiger partial charge >= 0.3 is 0 Å². The van der Waals surface area contributed by atoms with Gasteiger partial charge in [0.1, 0.15) is 11.7 Å². The van der Waals surface area contributed by atoms with E-state index in [1.165, 1.54) is 0 Å². The van der Waals surface area contributed by atoms with Gasteiger partial charge in [0.25, 0.3) is 5.91 Å². The highest BCUT2D eigenvalue weighted by atomic mass is 79.9. The van der Waals surface area contributed by atoms with Gasteiger partial charge in [0, 0.05) is 22.3 Å². The minimum Gasteiger partial charge on any atom is -0.350 e. The van der Waals surface area contributed by atoms with Gasteiger partial charge in [-0.25, -0.2) is 0 Å². The van der Waals surface area contributed by atoms with Gasteiger partial charge in [0.15, 0.2) is 0 Å². The van der Waals surface area contributed by atoms with Crippen molar-refractivity contribution in [3.8, 4) is 0 Å². The summed E-state index contributed by atoms with van der Waals surface area (Å²) in [4.78, 5) is 24.3. The fourth-order valence-electron chi connectivity index (χ4n) is 1.87. The van der Waals surface area contributed by atoms with E-state index in [-0.39, 0.29) is 23.4 Å². The summed E-state index contributed by atoms with van der Waals surface area (Å²) in [6, 6.07) is 1.32. The molecule has 21 heavy (non-hydrogen) atoms. The highest BCUT2D eigenvalue weighted by Crippen LogP contribution is 2.19. The Labute approximate surface area is 134 Å². The summed E-state index contributed by atoms with van der Waals surface area (Å²) in [7, 11) is 0. The summed E-state index contributed by atoms with van der Waals surface area (Å²) in [6.07, 6.45) is 1.86. The molecule has 6 heteroatoms. The lowest BCUT2D eigenvalue weighted by Crippen LogP contribution is -2.51. The third kappa shape index (κ3) is 5.19. The second-order valence-corrected chi connectivity index (χ2v) is 7.39. The number of amides is 2. The molecule has 0 radical (unpaired) electrons. The number of nitrogens with zero attached hydrogens (tertiary/aromatic N) is 1. The molecular formula is C15H24BrN3O2. The Balaban J connectivity index is 2.80. The number of halogens is 1. The first-order valence-electron chi connectivity index (χ1n) is 7.01. The molecule has 5 nitrogen and oxygen atoms in total. The highest BCUT2D eigenvalue weighted by Gasteiger charge is 2.23. The van der Waals surface area contributed by atoms with Crippen molar-refractivity contribution in [2.75, 3.05) is 0 Å². The van der Waals surface area contributed by atoms with Crippen molar-refractivity contribution < 1.29 is 9.59 Å². The van der Waals surface area contributed by atoms with Crippen LogP contribution in [0.4, 0.5) is 0 Å². The molecule has 1 atom stereocenters. The summed E-state index contributed by atoms with van der Waals surface area (Å²) < 4.78 is 2.71. The number of carbonyl (C=O) groups excluding carboxylic acids is 2. The molecule has 0 aliphatic carbocycles. The minimum absolute atomic E-state index is 0.163. The molecule has 0 bridgehead atoms. The summed E-state index contributed by atoms with van der Waals surface area (Å²) in [5, 5.41) is 5.58. The lowest BCUT2D eigenvalue weighted by molar-refractivity contribution is -0.124. The molecule has 1 unspecified atom stereocenters. The van der Waals surface area contributed by atoms with Crippen molar-refractivity contribution >= 4 is 27.7 Å². The third-order valence-corrected chi connectivity index (χ3v) is 3.28. The van der Waals surface area contributed by atoms with E-state index in [2.05, 4.69) is 26.6 Å². The van der Waals surface area contributed by atoms with Crippen LogP contribution in [0.1, 0.15) is 58.1 Å². The number of aromatic nitrogens is 1. The second-order valence-electron chi connectivity index (χ2n) is 6.48. The molecular weight excluding hydrogens is 334 g/mol. The van der Waals surface area contributed by atoms with Gasteiger partial charge in [-0.2, -0.15) is 0 Å². The average molecular weight is 358 g/mol. The Hall–Kier alpha value is -1.30. The van der Waals surface area contributed by atoms with Crippen LogP contribution in [-0.4, -0.2) is 28.0 Å². The largest absolute Gasteiger partial charge is 0.350 e. The van der Waals surface area contributed by atoms with Crippen molar-refractivity contribution in [1.29, 1.82) is 0 Å². The molecule has 0 aromatic carbocycles. The van der Waals surface area contributed by atoms with E-state index >= 15 is 0 Å². The molecule has 1 rings (SSSR count). The van der Waals surface area contributed by atoms with Gasteiger partial charge in [0.2, 0.25) is 5.91 Å². The van der Waals surface area contributed by atoms with Crippen LogP contribution in [-0.2, 0) is 4.79 Å². The van der Waals surface area contributed by atoms with E-state index in [1.54, 1.807) is 13.0 Å². The van der Waals surface area contributed by atoms with Gasteiger partial charge in [-0.15, -0.1) is 0 Å². The summed E-state index contributed by atoms with van der Waals surface area (Å²) >= 11 is 3.37. The van der Waals surface area contributed by atoms with E-state index in [0.717, 1.165) is 4.47 Å². The molecule has 0 saturated carbocycles. The number of nitrogens with one attached hydrogen (secondary N) is 2. The number of hydrogen-bond acceptors (Lipinski definition) is 2. The smallest absolute Gasteiger partial charge is 0.268 e. The molecule has 2 N–H and O–H groups in total. The maximum absolute atomic E-state index is 12.3. The van der Waals surface area contributed by atoms with Crippen LogP contribution in [0.15, 0.2) is 16.7 Å². The first-order valence-corrected chi connectivity index (χ1v) is 7.81. The van der Waals surface area contributed by atoms with Crippen molar-refractivity contribution in [1.82, 2.24) is 15.2 Å².